The Morgan fingerprint density at radius 2 is 1.41 bits per heavy atom. The third kappa shape index (κ3) is 14.0. The van der Waals surface area contributed by atoms with E-state index in [1.54, 1.807) is 67.7 Å². The van der Waals surface area contributed by atoms with E-state index in [0.29, 0.717) is 77.9 Å². The lowest BCUT2D eigenvalue weighted by Gasteiger charge is -2.37. The number of piperidine rings is 2. The molecule has 3 aliphatic heterocycles. The number of carbonyl (C=O) groups excluding carboxylic acids is 7. The molecule has 3 heterocycles. The number of hydrogen-bond donors (Lipinski definition) is 2. The van der Waals surface area contributed by atoms with E-state index >= 15 is 0 Å². The molecule has 3 aliphatic rings. The molecule has 21 nitrogen and oxygen atoms in total. The molecule has 6 amide bonds. The Balaban J connectivity index is 0.874. The Labute approximate surface area is 453 Å². The summed E-state index contributed by atoms with van der Waals surface area (Å²) in [5.74, 6) is -1.08. The number of aryl methyl sites for hydroxylation is 1. The van der Waals surface area contributed by atoms with Gasteiger partial charge in [-0.2, -0.15) is 0 Å². The van der Waals surface area contributed by atoms with Gasteiger partial charge >= 0.3 is 5.97 Å². The first-order valence-corrected chi connectivity index (χ1v) is 26.0. The van der Waals surface area contributed by atoms with Crippen molar-refractivity contribution in [1.82, 2.24) is 20.4 Å². The van der Waals surface area contributed by atoms with Crippen LogP contribution in [0, 0.1) is 0 Å². The van der Waals surface area contributed by atoms with Crippen LogP contribution in [-0.4, -0.2) is 152 Å². The summed E-state index contributed by atoms with van der Waals surface area (Å²) in [6, 6.07) is 18.9. The van der Waals surface area contributed by atoms with Crippen LogP contribution in [-0.2, 0) is 44.6 Å². The number of esters is 1. The van der Waals surface area contributed by atoms with Crippen LogP contribution in [0.1, 0.15) is 101 Å². The highest BCUT2D eigenvalue weighted by Crippen LogP contribution is 2.42. The van der Waals surface area contributed by atoms with Gasteiger partial charge in [-0.05, 0) is 110 Å². The Bertz CT molecular complexity index is 2760. The van der Waals surface area contributed by atoms with Gasteiger partial charge in [0.2, 0.25) is 23.5 Å². The van der Waals surface area contributed by atoms with E-state index in [2.05, 4.69) is 10.6 Å². The zero-order valence-electron chi connectivity index (χ0n) is 44.9. The number of imide groups is 2. The molecule has 21 heteroatoms. The SMILES string of the molecule is CC[C@H](C(=O)N1CCCC[C@H]1C(=O)O[C@H](CCc1ccc(OC)c(OC)c1)c1ccc(OCC(=O)NCCOCCOCCOc2cccc3c2C(=O)N(C2CCC(=O)NC2=O)C3=O)cc1)c1cc(OC)c(OC)c(OC)c1. The Morgan fingerprint density at radius 1 is 0.705 bits per heavy atom. The molecule has 0 aliphatic carbocycles. The van der Waals surface area contributed by atoms with E-state index in [1.165, 1.54) is 27.4 Å². The highest BCUT2D eigenvalue weighted by Gasteiger charge is 2.46. The third-order valence-corrected chi connectivity index (χ3v) is 13.7. The molecule has 0 radical (unpaired) electrons. The van der Waals surface area contributed by atoms with Crippen LogP contribution >= 0.6 is 0 Å². The smallest absolute Gasteiger partial charge is 0.329 e. The maximum atomic E-state index is 14.5. The topological polar surface area (TPSA) is 242 Å². The number of nitrogens with zero attached hydrogens (tertiary/aromatic N) is 2. The summed E-state index contributed by atoms with van der Waals surface area (Å²) in [7, 11) is 7.69. The van der Waals surface area contributed by atoms with Crippen molar-refractivity contribution in [1.29, 1.82) is 0 Å². The number of rotatable bonds is 28. The monoisotopic (exact) mass is 1080 g/mol. The molecule has 7 rings (SSSR count). The van der Waals surface area contributed by atoms with Crippen molar-refractivity contribution < 1.29 is 80.9 Å². The zero-order chi connectivity index (χ0) is 55.7. The highest BCUT2D eigenvalue weighted by atomic mass is 16.6. The Hall–Kier alpha value is -7.91. The molecule has 0 aromatic heterocycles. The third-order valence-electron chi connectivity index (χ3n) is 13.7. The summed E-state index contributed by atoms with van der Waals surface area (Å²) in [6.07, 6.45) is 2.64. The fourth-order valence-corrected chi connectivity index (χ4v) is 9.72. The minimum Gasteiger partial charge on any atom is -0.493 e. The number of methoxy groups -OCH3 is 5. The standard InChI is InChI=1S/C57H68N4O17/c1-7-39(37-32-47(71-4)52(73-6)48(33-37)72-5)54(65)60-25-9-8-12-42(60)57(68)78-43(21-14-35-15-22-44(69-2)46(31-35)70-3)36-16-18-38(19-17-36)77-34-50(63)58-24-26-74-27-28-75-29-30-76-45-13-10-11-40-51(45)56(67)61(55(40)66)41-20-23-49(62)59-53(41)64/h10-11,13,15-19,22,31-33,39,41-43H,7-9,12,14,20-21,23-30,34H2,1-6H3,(H,58,63)(H,59,62,64)/t39-,41?,42-,43+/m0/s1. The summed E-state index contributed by atoms with van der Waals surface area (Å²) in [5, 5.41) is 4.93. The molecule has 0 bridgehead atoms. The molecule has 0 saturated carbocycles. The first-order valence-electron chi connectivity index (χ1n) is 26.0. The maximum absolute atomic E-state index is 14.5. The lowest BCUT2D eigenvalue weighted by molar-refractivity contribution is -0.162. The fraction of sp³-hybridized carbons (Fsp3) is 0.456. The molecule has 2 saturated heterocycles. The molecular formula is C57H68N4O17. The van der Waals surface area contributed by atoms with E-state index in [1.807, 2.05) is 25.1 Å². The van der Waals surface area contributed by atoms with E-state index in [9.17, 15) is 33.6 Å². The minimum absolute atomic E-state index is 0.0175. The molecule has 418 valence electrons. The van der Waals surface area contributed by atoms with Crippen LogP contribution in [0.4, 0.5) is 0 Å². The van der Waals surface area contributed by atoms with Crippen LogP contribution in [0.5, 0.6) is 40.2 Å². The van der Waals surface area contributed by atoms with E-state index in [-0.39, 0.29) is 87.7 Å². The second-order valence-corrected chi connectivity index (χ2v) is 18.5. The maximum Gasteiger partial charge on any atom is 0.329 e. The number of benzene rings is 4. The van der Waals surface area contributed by atoms with Crippen LogP contribution in [0.3, 0.4) is 0 Å². The molecule has 1 unspecified atom stereocenters. The van der Waals surface area contributed by atoms with Crippen molar-refractivity contribution in [2.75, 3.05) is 88.3 Å². The number of amides is 6. The van der Waals surface area contributed by atoms with E-state index in [0.717, 1.165) is 23.3 Å². The first kappa shape index (κ1) is 57.8. The van der Waals surface area contributed by atoms with Crippen molar-refractivity contribution in [2.24, 2.45) is 0 Å². The number of hydrogen-bond acceptors (Lipinski definition) is 17. The van der Waals surface area contributed by atoms with Crippen molar-refractivity contribution in [3.8, 4) is 40.2 Å². The zero-order valence-corrected chi connectivity index (χ0v) is 44.9. The summed E-state index contributed by atoms with van der Waals surface area (Å²) in [5.41, 5.74) is 2.48. The van der Waals surface area contributed by atoms with Gasteiger partial charge in [-0.1, -0.05) is 31.2 Å². The van der Waals surface area contributed by atoms with Crippen molar-refractivity contribution in [3.63, 3.8) is 0 Å². The van der Waals surface area contributed by atoms with Gasteiger partial charge < -0.3 is 57.6 Å². The number of likely N-dealkylation sites (tertiary alicyclic amines) is 1. The van der Waals surface area contributed by atoms with Gasteiger partial charge in [0.15, 0.2) is 29.6 Å². The minimum atomic E-state index is -1.08. The van der Waals surface area contributed by atoms with Crippen molar-refractivity contribution >= 4 is 41.4 Å². The predicted molar refractivity (Wildman–Crippen MR) is 280 cm³/mol. The van der Waals surface area contributed by atoms with Crippen LogP contribution in [0.2, 0.25) is 0 Å². The Kier molecular flexibility index (Phi) is 20.7. The summed E-state index contributed by atoms with van der Waals surface area (Å²) in [6.45, 7) is 3.13. The molecule has 78 heavy (non-hydrogen) atoms. The van der Waals surface area contributed by atoms with Gasteiger partial charge in [-0.25, -0.2) is 4.79 Å². The number of ether oxygens (including phenoxy) is 10. The van der Waals surface area contributed by atoms with E-state index in [4.69, 9.17) is 47.4 Å². The first-order chi connectivity index (χ1) is 37.8. The molecule has 0 spiro atoms. The normalized spacial score (nSPS) is 16.8. The molecule has 2 N–H and O–H groups in total. The fourth-order valence-electron chi connectivity index (χ4n) is 9.72. The Morgan fingerprint density at radius 3 is 2.09 bits per heavy atom. The van der Waals surface area contributed by atoms with Gasteiger partial charge in [0, 0.05) is 19.5 Å². The second kappa shape index (κ2) is 27.9. The lowest BCUT2D eigenvalue weighted by atomic mass is 9.91. The molecular weight excluding hydrogens is 1010 g/mol. The number of fused-ring (bicyclic) bond motifs is 1. The van der Waals surface area contributed by atoms with Crippen molar-refractivity contribution in [2.45, 2.75) is 82.4 Å². The summed E-state index contributed by atoms with van der Waals surface area (Å²) in [4.78, 5) is 94.5. The van der Waals surface area contributed by atoms with Gasteiger partial charge in [0.1, 0.15) is 36.3 Å². The van der Waals surface area contributed by atoms with Gasteiger partial charge in [0.05, 0.1) is 79.0 Å². The number of nitrogens with one attached hydrogen (secondary N) is 2. The molecule has 4 aromatic carbocycles. The highest BCUT2D eigenvalue weighted by molar-refractivity contribution is 6.24. The summed E-state index contributed by atoms with van der Waals surface area (Å²) < 4.78 is 56.8. The lowest BCUT2D eigenvalue weighted by Crippen LogP contribution is -2.54. The van der Waals surface area contributed by atoms with Crippen molar-refractivity contribution in [3.05, 3.63) is 101 Å². The quantitative estimate of drug-likeness (QED) is 0.0404. The second-order valence-electron chi connectivity index (χ2n) is 18.5. The molecule has 4 atom stereocenters. The van der Waals surface area contributed by atoms with Crippen LogP contribution < -0.4 is 43.8 Å². The van der Waals surface area contributed by atoms with Gasteiger partial charge in [-0.15, -0.1) is 0 Å². The van der Waals surface area contributed by atoms with Crippen LogP contribution in [0.15, 0.2) is 72.8 Å². The average Bonchev–Trinajstić information content (AvgIpc) is 3.77. The average molecular weight is 1080 g/mol. The van der Waals surface area contributed by atoms with Gasteiger partial charge in [0.25, 0.3) is 17.7 Å². The number of carbonyl (C=O) groups is 7. The van der Waals surface area contributed by atoms with Crippen LogP contribution in [0.25, 0.3) is 0 Å². The summed E-state index contributed by atoms with van der Waals surface area (Å²) >= 11 is 0. The predicted octanol–water partition coefficient (Wildman–Crippen LogP) is 5.53. The largest absolute Gasteiger partial charge is 0.493 e. The molecule has 4 aromatic rings. The molecule has 2 fully saturated rings. The van der Waals surface area contributed by atoms with E-state index < -0.39 is 53.7 Å². The van der Waals surface area contributed by atoms with Gasteiger partial charge in [-0.3, -0.25) is 39.0 Å².